The number of rotatable bonds is 2. The van der Waals surface area contributed by atoms with Gasteiger partial charge >= 0.3 is 0 Å². The number of allylic oxidation sites excluding steroid dienone is 1. The minimum absolute atomic E-state index is 0.0404. The number of hydrogen-bond acceptors (Lipinski definition) is 5. The summed E-state index contributed by atoms with van der Waals surface area (Å²) in [6, 6.07) is 12.3. The van der Waals surface area contributed by atoms with Crippen molar-refractivity contribution in [3.63, 3.8) is 0 Å². The molecular weight excluding hydrogens is 354 g/mol. The third-order valence-corrected chi connectivity index (χ3v) is 5.42. The normalized spacial score (nSPS) is 22.7. The number of aryl methyl sites for hydroxylation is 1. The summed E-state index contributed by atoms with van der Waals surface area (Å²) in [5, 5.41) is 18.0. The first-order valence-electron chi connectivity index (χ1n) is 9.37. The fraction of sp³-hybridized carbons (Fsp3) is 0.318. The number of hydrogen-bond donors (Lipinski definition) is 2. The van der Waals surface area contributed by atoms with Crippen LogP contribution in [0.25, 0.3) is 0 Å². The number of nitro benzene ring substituents is 1. The zero-order chi connectivity index (χ0) is 20.1. The van der Waals surface area contributed by atoms with E-state index in [0.717, 1.165) is 28.2 Å². The molecule has 2 N–H and O–H groups in total. The van der Waals surface area contributed by atoms with E-state index in [4.69, 9.17) is 0 Å². The lowest BCUT2D eigenvalue weighted by atomic mass is 9.72. The molecule has 2 atom stereocenters. The number of nitrogens with one attached hydrogen (secondary N) is 2. The van der Waals surface area contributed by atoms with Gasteiger partial charge in [-0.2, -0.15) is 0 Å². The van der Waals surface area contributed by atoms with Gasteiger partial charge in [0.2, 0.25) is 0 Å². The Morgan fingerprint density at radius 2 is 1.82 bits per heavy atom. The standard InChI is InChI=1S/C22H23N3O3/c1-13-4-9-16-17(10-13)24-21(14-5-7-15(8-6-14)25(27)28)20-18(23-16)11-22(2,3)12-19(20)26/h4-11,20-21,23-24H,12H2,1-3H3. The molecule has 28 heavy (non-hydrogen) atoms. The predicted molar refractivity (Wildman–Crippen MR) is 109 cm³/mol. The molecule has 0 radical (unpaired) electrons. The molecule has 0 saturated heterocycles. The summed E-state index contributed by atoms with van der Waals surface area (Å²) in [6.45, 7) is 6.14. The van der Waals surface area contributed by atoms with Crippen LogP contribution in [-0.4, -0.2) is 10.7 Å². The molecule has 2 aromatic carbocycles. The second kappa shape index (κ2) is 6.48. The van der Waals surface area contributed by atoms with Crippen LogP contribution in [0.3, 0.4) is 0 Å². The van der Waals surface area contributed by atoms with E-state index in [-0.39, 0.29) is 28.8 Å². The molecule has 1 heterocycles. The highest BCUT2D eigenvalue weighted by Crippen LogP contribution is 2.45. The fourth-order valence-electron chi connectivity index (χ4n) is 4.15. The monoisotopic (exact) mass is 377 g/mol. The third-order valence-electron chi connectivity index (χ3n) is 5.42. The number of nitrogens with zero attached hydrogens (tertiary/aromatic N) is 1. The number of benzene rings is 2. The van der Waals surface area contributed by atoms with E-state index in [1.807, 2.05) is 25.1 Å². The Balaban J connectivity index is 1.85. The van der Waals surface area contributed by atoms with Gasteiger partial charge in [0.15, 0.2) is 0 Å². The molecule has 1 aliphatic heterocycles. The van der Waals surface area contributed by atoms with Crippen LogP contribution in [0.1, 0.15) is 37.4 Å². The molecule has 0 spiro atoms. The minimum atomic E-state index is -0.413. The quantitative estimate of drug-likeness (QED) is 0.569. The summed E-state index contributed by atoms with van der Waals surface area (Å²) in [7, 11) is 0. The van der Waals surface area contributed by atoms with Gasteiger partial charge in [0, 0.05) is 24.3 Å². The third kappa shape index (κ3) is 3.26. The average Bonchev–Trinajstić information content (AvgIpc) is 2.77. The lowest BCUT2D eigenvalue weighted by Crippen LogP contribution is -2.36. The van der Waals surface area contributed by atoms with Crippen LogP contribution in [-0.2, 0) is 4.79 Å². The van der Waals surface area contributed by atoms with Crippen molar-refractivity contribution in [1.82, 2.24) is 0 Å². The Labute approximate surface area is 163 Å². The molecule has 0 bridgehead atoms. The van der Waals surface area contributed by atoms with Crippen molar-refractivity contribution in [2.45, 2.75) is 33.2 Å². The first kappa shape index (κ1) is 18.2. The Bertz CT molecular complexity index is 993. The molecule has 2 aliphatic rings. The van der Waals surface area contributed by atoms with Crippen molar-refractivity contribution >= 4 is 22.8 Å². The van der Waals surface area contributed by atoms with Crippen molar-refractivity contribution in [1.29, 1.82) is 0 Å². The first-order chi connectivity index (χ1) is 13.2. The van der Waals surface area contributed by atoms with E-state index in [9.17, 15) is 14.9 Å². The Hall–Kier alpha value is -3.15. The largest absolute Gasteiger partial charge is 0.375 e. The maximum absolute atomic E-state index is 13.1. The van der Waals surface area contributed by atoms with E-state index >= 15 is 0 Å². The predicted octanol–water partition coefficient (Wildman–Crippen LogP) is 4.98. The van der Waals surface area contributed by atoms with Gasteiger partial charge in [-0.15, -0.1) is 0 Å². The molecule has 0 aromatic heterocycles. The molecule has 1 aliphatic carbocycles. The summed E-state index contributed by atoms with van der Waals surface area (Å²) in [4.78, 5) is 23.7. The van der Waals surface area contributed by atoms with Gasteiger partial charge in [-0.25, -0.2) is 0 Å². The first-order valence-corrected chi connectivity index (χ1v) is 9.37. The Morgan fingerprint density at radius 3 is 2.50 bits per heavy atom. The van der Waals surface area contributed by atoms with Gasteiger partial charge < -0.3 is 10.6 Å². The lowest BCUT2D eigenvalue weighted by molar-refractivity contribution is -0.384. The molecule has 144 valence electrons. The van der Waals surface area contributed by atoms with Crippen LogP contribution in [0.15, 0.2) is 54.2 Å². The molecule has 2 aromatic rings. The van der Waals surface area contributed by atoms with Crippen molar-refractivity contribution in [2.75, 3.05) is 10.6 Å². The summed E-state index contributed by atoms with van der Waals surface area (Å²) < 4.78 is 0. The van der Waals surface area contributed by atoms with Crippen LogP contribution in [0.5, 0.6) is 0 Å². The highest BCUT2D eigenvalue weighted by atomic mass is 16.6. The van der Waals surface area contributed by atoms with Crippen LogP contribution in [0, 0.1) is 28.4 Å². The van der Waals surface area contributed by atoms with Gasteiger partial charge in [0.1, 0.15) is 5.78 Å². The van der Waals surface area contributed by atoms with Crippen LogP contribution >= 0.6 is 0 Å². The van der Waals surface area contributed by atoms with Crippen molar-refractivity contribution < 1.29 is 9.72 Å². The average molecular weight is 377 g/mol. The molecule has 0 amide bonds. The minimum Gasteiger partial charge on any atom is -0.375 e. The van der Waals surface area contributed by atoms with Gasteiger partial charge in [-0.05, 0) is 35.6 Å². The molecule has 6 heteroatoms. The van der Waals surface area contributed by atoms with Crippen LogP contribution < -0.4 is 10.6 Å². The number of carbonyl (C=O) groups is 1. The zero-order valence-electron chi connectivity index (χ0n) is 16.2. The van der Waals surface area contributed by atoms with E-state index in [2.05, 4.69) is 30.6 Å². The van der Waals surface area contributed by atoms with E-state index in [0.29, 0.717) is 6.42 Å². The Morgan fingerprint density at radius 1 is 1.11 bits per heavy atom. The molecular formula is C22H23N3O3. The number of carbonyl (C=O) groups excluding carboxylic acids is 1. The second-order valence-electron chi connectivity index (χ2n) is 8.35. The molecule has 0 saturated carbocycles. The molecule has 4 rings (SSSR count). The number of fused-ring (bicyclic) bond motifs is 2. The maximum Gasteiger partial charge on any atom is 0.269 e. The van der Waals surface area contributed by atoms with E-state index in [1.54, 1.807) is 12.1 Å². The smallest absolute Gasteiger partial charge is 0.269 e. The van der Waals surface area contributed by atoms with Gasteiger partial charge in [-0.3, -0.25) is 14.9 Å². The topological polar surface area (TPSA) is 84.3 Å². The van der Waals surface area contributed by atoms with Crippen LogP contribution in [0.4, 0.5) is 17.1 Å². The highest BCUT2D eigenvalue weighted by molar-refractivity contribution is 5.90. The highest BCUT2D eigenvalue weighted by Gasteiger charge is 2.41. The molecule has 0 fully saturated rings. The lowest BCUT2D eigenvalue weighted by Gasteiger charge is -2.35. The summed E-state index contributed by atoms with van der Waals surface area (Å²) in [5.74, 6) is -0.211. The SMILES string of the molecule is Cc1ccc2c(c1)NC(c1ccc([N+](=O)[O-])cc1)C1C(=O)CC(C)(C)C=C1N2. The number of ketones is 1. The fourth-order valence-corrected chi connectivity index (χ4v) is 4.15. The molecule has 6 nitrogen and oxygen atoms in total. The van der Waals surface area contributed by atoms with Crippen molar-refractivity contribution in [2.24, 2.45) is 11.3 Å². The van der Waals surface area contributed by atoms with Gasteiger partial charge in [0.05, 0.1) is 28.3 Å². The summed E-state index contributed by atoms with van der Waals surface area (Å²) >= 11 is 0. The van der Waals surface area contributed by atoms with E-state index in [1.165, 1.54) is 12.1 Å². The molecule has 2 unspecified atom stereocenters. The second-order valence-corrected chi connectivity index (χ2v) is 8.35. The van der Waals surface area contributed by atoms with Crippen molar-refractivity contribution in [3.8, 4) is 0 Å². The Kier molecular flexibility index (Phi) is 4.22. The maximum atomic E-state index is 13.1. The number of non-ortho nitro benzene ring substituents is 1. The van der Waals surface area contributed by atoms with Gasteiger partial charge in [-0.1, -0.05) is 38.1 Å². The zero-order valence-corrected chi connectivity index (χ0v) is 16.2. The number of Topliss-reactive ketones (excluding diaryl/α,β-unsaturated/α-hetero) is 1. The van der Waals surface area contributed by atoms with E-state index < -0.39 is 4.92 Å². The van der Waals surface area contributed by atoms with Gasteiger partial charge in [0.25, 0.3) is 5.69 Å². The van der Waals surface area contributed by atoms with Crippen LogP contribution in [0.2, 0.25) is 0 Å². The number of anilines is 2. The summed E-state index contributed by atoms with van der Waals surface area (Å²) in [5.41, 5.74) is 4.52. The number of nitro groups is 1. The van der Waals surface area contributed by atoms with Crippen molar-refractivity contribution in [3.05, 3.63) is 75.5 Å². The summed E-state index contributed by atoms with van der Waals surface area (Å²) in [6.07, 6.45) is 2.61.